The third-order valence-corrected chi connectivity index (χ3v) is 3.45. The number of rotatable bonds is 10. The molecule has 2 amide bonds. The summed E-state index contributed by atoms with van der Waals surface area (Å²) in [6, 6.07) is 2.99. The summed E-state index contributed by atoms with van der Waals surface area (Å²) in [4.78, 5) is 22.9. The van der Waals surface area contributed by atoms with Crippen LogP contribution in [0.3, 0.4) is 0 Å². The number of unbranched alkanes of at least 4 members (excludes halogenated alkanes) is 3. The predicted octanol–water partition coefficient (Wildman–Crippen LogP) is 2.52. The summed E-state index contributed by atoms with van der Waals surface area (Å²) in [5.74, 6) is -0.400. The zero-order valence-electron chi connectivity index (χ0n) is 13.5. The molecule has 1 aromatic rings. The van der Waals surface area contributed by atoms with E-state index in [1.54, 1.807) is 0 Å². The Labute approximate surface area is 141 Å². The highest BCUT2D eigenvalue weighted by molar-refractivity contribution is 6.32. The van der Waals surface area contributed by atoms with Gasteiger partial charge in [-0.25, -0.2) is 0 Å². The fourth-order valence-electron chi connectivity index (χ4n) is 1.99. The van der Waals surface area contributed by atoms with E-state index in [0.717, 1.165) is 25.7 Å². The van der Waals surface area contributed by atoms with Crippen molar-refractivity contribution in [1.82, 2.24) is 5.32 Å². The van der Waals surface area contributed by atoms with Crippen molar-refractivity contribution in [2.75, 3.05) is 20.3 Å². The number of ether oxygens (including phenoxy) is 2. The molecule has 0 saturated carbocycles. The van der Waals surface area contributed by atoms with E-state index in [4.69, 9.17) is 26.8 Å². The molecular weight excluding hydrogens is 320 g/mol. The molecule has 1 aromatic carbocycles. The van der Waals surface area contributed by atoms with Crippen LogP contribution in [0.4, 0.5) is 0 Å². The van der Waals surface area contributed by atoms with Crippen LogP contribution in [-0.2, 0) is 4.79 Å². The lowest BCUT2D eigenvalue weighted by Gasteiger charge is -2.13. The van der Waals surface area contributed by atoms with Gasteiger partial charge in [-0.05, 0) is 18.6 Å². The van der Waals surface area contributed by atoms with Crippen LogP contribution in [0.15, 0.2) is 12.1 Å². The standard InChI is InChI=1S/C16H23ClN2O4/c1-3-4-5-6-7-19-16(21)11-8-12(17)15(13(9-11)22-2)23-10-14(18)20/h8-9H,3-7,10H2,1-2H3,(H2,18,20)(H,19,21). The number of halogens is 1. The summed E-state index contributed by atoms with van der Waals surface area (Å²) in [5.41, 5.74) is 5.41. The Morgan fingerprint density at radius 3 is 2.61 bits per heavy atom. The zero-order valence-corrected chi connectivity index (χ0v) is 14.2. The third-order valence-electron chi connectivity index (χ3n) is 3.17. The first-order chi connectivity index (χ1) is 11.0. The van der Waals surface area contributed by atoms with E-state index in [9.17, 15) is 9.59 Å². The van der Waals surface area contributed by atoms with Crippen LogP contribution < -0.4 is 20.5 Å². The molecule has 0 unspecified atom stereocenters. The molecular formula is C16H23ClN2O4. The number of methoxy groups -OCH3 is 1. The number of primary amides is 1. The molecule has 7 heteroatoms. The predicted molar refractivity (Wildman–Crippen MR) is 89.2 cm³/mol. The monoisotopic (exact) mass is 342 g/mol. The molecule has 0 spiro atoms. The van der Waals surface area contributed by atoms with Crippen molar-refractivity contribution in [3.8, 4) is 11.5 Å². The molecule has 6 nitrogen and oxygen atoms in total. The van der Waals surface area contributed by atoms with Crippen molar-refractivity contribution in [3.05, 3.63) is 22.7 Å². The number of carbonyl (C=O) groups is 2. The van der Waals surface area contributed by atoms with Gasteiger partial charge in [0.05, 0.1) is 12.1 Å². The highest BCUT2D eigenvalue weighted by Gasteiger charge is 2.16. The lowest BCUT2D eigenvalue weighted by Crippen LogP contribution is -2.24. The fraction of sp³-hybridized carbons (Fsp3) is 0.500. The normalized spacial score (nSPS) is 10.2. The average Bonchev–Trinajstić information content (AvgIpc) is 2.52. The maximum Gasteiger partial charge on any atom is 0.255 e. The molecule has 0 aliphatic rings. The van der Waals surface area contributed by atoms with Crippen LogP contribution in [0.2, 0.25) is 5.02 Å². The quantitative estimate of drug-likeness (QED) is 0.639. The first-order valence-electron chi connectivity index (χ1n) is 7.56. The van der Waals surface area contributed by atoms with Crippen LogP contribution in [-0.4, -0.2) is 32.1 Å². The molecule has 0 atom stereocenters. The van der Waals surface area contributed by atoms with E-state index in [2.05, 4.69) is 12.2 Å². The van der Waals surface area contributed by atoms with Gasteiger partial charge in [-0.3, -0.25) is 9.59 Å². The first-order valence-corrected chi connectivity index (χ1v) is 7.94. The molecule has 0 bridgehead atoms. The van der Waals surface area contributed by atoms with E-state index < -0.39 is 5.91 Å². The summed E-state index contributed by atoms with van der Waals surface area (Å²) in [7, 11) is 1.43. The molecule has 23 heavy (non-hydrogen) atoms. The van der Waals surface area contributed by atoms with Gasteiger partial charge in [0.2, 0.25) is 0 Å². The Kier molecular flexibility index (Phi) is 8.26. The van der Waals surface area contributed by atoms with Crippen LogP contribution in [0.25, 0.3) is 0 Å². The minimum absolute atomic E-state index is 0.182. The van der Waals surface area contributed by atoms with Crippen molar-refractivity contribution in [2.24, 2.45) is 5.73 Å². The second-order valence-electron chi connectivity index (χ2n) is 5.06. The Morgan fingerprint density at radius 1 is 1.26 bits per heavy atom. The average molecular weight is 343 g/mol. The van der Waals surface area contributed by atoms with Crippen molar-refractivity contribution in [2.45, 2.75) is 32.6 Å². The van der Waals surface area contributed by atoms with Gasteiger partial charge in [0.15, 0.2) is 18.1 Å². The number of benzene rings is 1. The molecule has 0 heterocycles. The van der Waals surface area contributed by atoms with E-state index in [1.807, 2.05) is 0 Å². The number of amides is 2. The summed E-state index contributed by atoms with van der Waals surface area (Å²) in [5, 5.41) is 3.02. The number of nitrogens with one attached hydrogen (secondary N) is 1. The Hall–Kier alpha value is -1.95. The molecule has 0 aliphatic heterocycles. The van der Waals surface area contributed by atoms with Gasteiger partial charge < -0.3 is 20.5 Å². The van der Waals surface area contributed by atoms with Gasteiger partial charge in [-0.2, -0.15) is 0 Å². The summed E-state index contributed by atoms with van der Waals surface area (Å²) < 4.78 is 10.4. The fourth-order valence-corrected chi connectivity index (χ4v) is 2.26. The van der Waals surface area contributed by atoms with Gasteiger partial charge in [0.1, 0.15) is 0 Å². The summed E-state index contributed by atoms with van der Waals surface area (Å²) in [6.07, 6.45) is 4.32. The van der Waals surface area contributed by atoms with Crippen molar-refractivity contribution < 1.29 is 19.1 Å². The summed E-state index contributed by atoms with van der Waals surface area (Å²) in [6.45, 7) is 2.42. The Balaban J connectivity index is 2.74. The minimum atomic E-state index is -0.628. The molecule has 1 rings (SSSR count). The maximum absolute atomic E-state index is 12.1. The SMILES string of the molecule is CCCCCCNC(=O)c1cc(Cl)c(OCC(N)=O)c(OC)c1. The molecule has 0 saturated heterocycles. The van der Waals surface area contributed by atoms with Gasteiger partial charge in [-0.1, -0.05) is 37.8 Å². The van der Waals surface area contributed by atoms with Crippen LogP contribution >= 0.6 is 11.6 Å². The van der Waals surface area contributed by atoms with Crippen LogP contribution in [0.1, 0.15) is 43.0 Å². The van der Waals surface area contributed by atoms with Gasteiger partial charge >= 0.3 is 0 Å². The van der Waals surface area contributed by atoms with E-state index >= 15 is 0 Å². The third kappa shape index (κ3) is 6.36. The van der Waals surface area contributed by atoms with Crippen LogP contribution in [0, 0.1) is 0 Å². The number of hydrogen-bond acceptors (Lipinski definition) is 4. The highest BCUT2D eigenvalue weighted by Crippen LogP contribution is 2.36. The van der Waals surface area contributed by atoms with Gasteiger partial charge in [-0.15, -0.1) is 0 Å². The van der Waals surface area contributed by atoms with Crippen molar-refractivity contribution in [1.29, 1.82) is 0 Å². The zero-order chi connectivity index (χ0) is 17.2. The van der Waals surface area contributed by atoms with Crippen LogP contribution in [0.5, 0.6) is 11.5 Å². The first kappa shape index (κ1) is 19.1. The topological polar surface area (TPSA) is 90.6 Å². The summed E-state index contributed by atoms with van der Waals surface area (Å²) >= 11 is 6.11. The molecule has 0 fully saturated rings. The molecule has 128 valence electrons. The lowest BCUT2D eigenvalue weighted by molar-refractivity contribution is -0.119. The van der Waals surface area contributed by atoms with Crippen molar-refractivity contribution >= 4 is 23.4 Å². The maximum atomic E-state index is 12.1. The van der Waals surface area contributed by atoms with Crippen molar-refractivity contribution in [3.63, 3.8) is 0 Å². The highest BCUT2D eigenvalue weighted by atomic mass is 35.5. The van der Waals surface area contributed by atoms with E-state index in [-0.39, 0.29) is 29.0 Å². The Morgan fingerprint density at radius 2 is 2.00 bits per heavy atom. The van der Waals surface area contributed by atoms with Gasteiger partial charge in [0.25, 0.3) is 11.8 Å². The van der Waals surface area contributed by atoms with E-state index in [1.165, 1.54) is 19.2 Å². The van der Waals surface area contributed by atoms with Gasteiger partial charge in [0, 0.05) is 12.1 Å². The number of hydrogen-bond donors (Lipinski definition) is 2. The van der Waals surface area contributed by atoms with E-state index in [0.29, 0.717) is 12.1 Å². The Bertz CT molecular complexity index is 549. The second-order valence-corrected chi connectivity index (χ2v) is 5.47. The minimum Gasteiger partial charge on any atom is -0.493 e. The number of nitrogens with two attached hydrogens (primary N) is 1. The lowest BCUT2D eigenvalue weighted by atomic mass is 10.1. The number of carbonyl (C=O) groups excluding carboxylic acids is 2. The molecule has 0 radical (unpaired) electrons. The molecule has 3 N–H and O–H groups in total. The second kappa shape index (κ2) is 9.94. The largest absolute Gasteiger partial charge is 0.493 e. The molecule has 0 aromatic heterocycles. The smallest absolute Gasteiger partial charge is 0.255 e. The molecule has 0 aliphatic carbocycles.